The highest BCUT2D eigenvalue weighted by Crippen LogP contribution is 1.74. The molecule has 0 atom stereocenters. The summed E-state index contributed by atoms with van der Waals surface area (Å²) >= 11 is 0. The molecule has 0 bridgehead atoms. The summed E-state index contributed by atoms with van der Waals surface area (Å²) in [7, 11) is 1.00. The molecule has 0 heterocycles. The van der Waals surface area contributed by atoms with Crippen molar-refractivity contribution >= 4 is 11.9 Å². The highest BCUT2D eigenvalue weighted by atomic mass is 16.4. The Hall–Kier alpha value is -1.18. The van der Waals surface area contributed by atoms with E-state index in [-0.39, 0.29) is 12.3 Å². The lowest BCUT2D eigenvalue weighted by atomic mass is 10.5. The second-order valence-electron chi connectivity index (χ2n) is 0.964. The second-order valence-corrected chi connectivity index (χ2v) is 0.964. The first-order chi connectivity index (χ1) is 4.13. The van der Waals surface area contributed by atoms with Gasteiger partial charge in [-0.2, -0.15) is 0 Å². The lowest BCUT2D eigenvalue weighted by molar-refractivity contribution is -0.147. The fourth-order valence-electron chi connectivity index (χ4n) is 0.129. The first-order valence-corrected chi connectivity index (χ1v) is 2.01. The van der Waals surface area contributed by atoms with Crippen molar-refractivity contribution in [2.75, 3.05) is 7.11 Å². The van der Waals surface area contributed by atoms with Gasteiger partial charge in [-0.15, -0.1) is 0 Å². The summed E-state index contributed by atoms with van der Waals surface area (Å²) in [6.07, 6.45) is -0.806. The maximum atomic E-state index is 9.43. The Bertz CT molecular complexity index is 92.7. The van der Waals surface area contributed by atoms with Crippen molar-refractivity contribution in [2.24, 2.45) is 0 Å². The zero-order valence-corrected chi connectivity index (χ0v) is 6.28. The molecule has 0 rings (SSSR count). The van der Waals surface area contributed by atoms with Crippen LogP contribution >= 0.6 is 0 Å². The smallest absolute Gasteiger partial charge is 0.314 e. The van der Waals surface area contributed by atoms with E-state index >= 15 is 0 Å². The van der Waals surface area contributed by atoms with E-state index < -0.39 is 18.4 Å². The van der Waals surface area contributed by atoms with E-state index in [2.05, 4.69) is 0 Å². The first kappa shape index (κ1) is 22.6. The van der Waals surface area contributed by atoms with E-state index in [1.165, 1.54) is 0 Å². The molecule has 0 aliphatic heterocycles. The summed E-state index contributed by atoms with van der Waals surface area (Å²) in [5.74, 6) is -2.62. The third kappa shape index (κ3) is 51.6. The predicted octanol–water partition coefficient (Wildman–Crippen LogP) is -0.522. The fraction of sp³-hybridized carbons (Fsp3) is 0.500. The number of aliphatic carboxylic acids is 2. The van der Waals surface area contributed by atoms with Gasteiger partial charge in [-0.05, 0) is 0 Å². The number of rotatable bonds is 2. The van der Waals surface area contributed by atoms with Crippen LogP contribution in [0, 0.1) is 0 Å². The van der Waals surface area contributed by atoms with Crippen LogP contribution in [-0.2, 0) is 9.59 Å². The van der Waals surface area contributed by atoms with Crippen LogP contribution in [0.4, 0.5) is 0 Å². The Labute approximate surface area is 63.8 Å². The van der Waals surface area contributed by atoms with Crippen molar-refractivity contribution in [2.45, 2.75) is 6.42 Å². The Morgan fingerprint density at radius 2 is 1.18 bits per heavy atom. The van der Waals surface area contributed by atoms with E-state index in [0.717, 1.165) is 7.11 Å². The van der Waals surface area contributed by atoms with Gasteiger partial charge in [-0.1, -0.05) is 0 Å². The third-order valence-corrected chi connectivity index (χ3v) is 0.302. The summed E-state index contributed by atoms with van der Waals surface area (Å²) in [6, 6.07) is 0. The Morgan fingerprint density at radius 3 is 1.18 bits per heavy atom. The number of carbonyl (C=O) groups is 2. The quantitative estimate of drug-likeness (QED) is 0.347. The van der Waals surface area contributed by atoms with E-state index in [9.17, 15) is 9.59 Å². The van der Waals surface area contributed by atoms with Crippen LogP contribution in [0.15, 0.2) is 0 Å². The number of aliphatic hydroxyl groups excluding tert-OH is 1. The largest absolute Gasteiger partial charge is 0.481 e. The van der Waals surface area contributed by atoms with Gasteiger partial charge < -0.3 is 27.6 Å². The van der Waals surface area contributed by atoms with Crippen molar-refractivity contribution < 1.29 is 24.9 Å². The SMILES string of the molecule is CO.N.N.O=C(O)CC(=O)O. The van der Waals surface area contributed by atoms with Gasteiger partial charge in [0.05, 0.1) is 0 Å². The van der Waals surface area contributed by atoms with Crippen molar-refractivity contribution in [1.82, 2.24) is 12.3 Å². The van der Waals surface area contributed by atoms with Gasteiger partial charge in [-0.3, -0.25) is 9.59 Å². The van der Waals surface area contributed by atoms with Crippen LogP contribution in [-0.4, -0.2) is 34.4 Å². The van der Waals surface area contributed by atoms with Gasteiger partial charge in [0.2, 0.25) is 0 Å². The number of hydrogen-bond donors (Lipinski definition) is 5. The van der Waals surface area contributed by atoms with E-state index in [1.54, 1.807) is 0 Å². The molecule has 0 aromatic carbocycles. The number of carboxylic acids is 2. The molecule has 0 spiro atoms. The minimum absolute atomic E-state index is 0. The Balaban J connectivity index is -0.0000000564. The molecule has 0 saturated carbocycles. The van der Waals surface area contributed by atoms with Gasteiger partial charge >= 0.3 is 11.9 Å². The average Bonchev–Trinajstić information content (AvgIpc) is 1.68. The summed E-state index contributed by atoms with van der Waals surface area (Å²) in [5.41, 5.74) is 0. The molecule has 0 saturated heterocycles. The van der Waals surface area contributed by atoms with Crippen molar-refractivity contribution in [1.29, 1.82) is 0 Å². The molecule has 0 amide bonds. The van der Waals surface area contributed by atoms with Crippen LogP contribution in [0.1, 0.15) is 6.42 Å². The number of hydrogen-bond acceptors (Lipinski definition) is 5. The van der Waals surface area contributed by atoms with E-state index in [1.807, 2.05) is 0 Å². The molecular weight excluding hydrogens is 156 g/mol. The third-order valence-electron chi connectivity index (χ3n) is 0.302. The first-order valence-electron chi connectivity index (χ1n) is 2.01. The molecule has 0 aromatic heterocycles. The molecule has 70 valence electrons. The minimum Gasteiger partial charge on any atom is -0.481 e. The molecule has 0 aliphatic carbocycles. The molecular formula is C4H14N2O5. The summed E-state index contributed by atoms with van der Waals surface area (Å²) in [4.78, 5) is 18.9. The molecule has 0 unspecified atom stereocenters. The summed E-state index contributed by atoms with van der Waals surface area (Å²) in [6.45, 7) is 0. The zero-order chi connectivity index (χ0) is 7.86. The topological polar surface area (TPSA) is 165 Å². The standard InChI is InChI=1S/C3H4O4.CH4O.2H3N/c4-2(5)1-3(6)7;1-2;;/h1H2,(H,4,5)(H,6,7);2H,1H3;2*1H3. The molecule has 0 aromatic rings. The maximum Gasteiger partial charge on any atom is 0.314 e. The second kappa shape index (κ2) is 15.9. The molecule has 0 aliphatic rings. The molecule has 7 nitrogen and oxygen atoms in total. The van der Waals surface area contributed by atoms with Gasteiger partial charge in [0, 0.05) is 7.11 Å². The van der Waals surface area contributed by atoms with Gasteiger partial charge in [0.25, 0.3) is 0 Å². The van der Waals surface area contributed by atoms with Crippen LogP contribution in [0.25, 0.3) is 0 Å². The van der Waals surface area contributed by atoms with Crippen molar-refractivity contribution in [3.63, 3.8) is 0 Å². The van der Waals surface area contributed by atoms with Gasteiger partial charge in [0.15, 0.2) is 0 Å². The molecule has 0 radical (unpaired) electrons. The molecule has 0 fully saturated rings. The van der Waals surface area contributed by atoms with Crippen LogP contribution in [0.2, 0.25) is 0 Å². The van der Waals surface area contributed by atoms with E-state index in [4.69, 9.17) is 15.3 Å². The fourth-order valence-corrected chi connectivity index (χ4v) is 0.129. The lowest BCUT2D eigenvalue weighted by Gasteiger charge is -1.80. The molecule has 7 heteroatoms. The zero-order valence-electron chi connectivity index (χ0n) is 6.28. The maximum absolute atomic E-state index is 9.43. The Morgan fingerprint density at radius 1 is 1.00 bits per heavy atom. The van der Waals surface area contributed by atoms with Gasteiger partial charge in [-0.25, -0.2) is 0 Å². The molecule has 11 heavy (non-hydrogen) atoms. The van der Waals surface area contributed by atoms with Crippen LogP contribution in [0.5, 0.6) is 0 Å². The highest BCUT2D eigenvalue weighted by Gasteiger charge is 2.01. The Kier molecular flexibility index (Phi) is 32.6. The monoisotopic (exact) mass is 170 g/mol. The van der Waals surface area contributed by atoms with Crippen LogP contribution < -0.4 is 12.3 Å². The minimum atomic E-state index is -1.31. The number of aliphatic hydroxyl groups is 1. The average molecular weight is 170 g/mol. The summed E-state index contributed by atoms with van der Waals surface area (Å²) in [5, 5.41) is 22.4. The van der Waals surface area contributed by atoms with Crippen molar-refractivity contribution in [3.8, 4) is 0 Å². The van der Waals surface area contributed by atoms with Crippen molar-refractivity contribution in [3.05, 3.63) is 0 Å². The van der Waals surface area contributed by atoms with Gasteiger partial charge in [0.1, 0.15) is 6.42 Å². The summed E-state index contributed by atoms with van der Waals surface area (Å²) < 4.78 is 0. The normalized spacial score (nSPS) is 5.64. The number of carboxylic acid groups (broad SMARTS) is 2. The van der Waals surface area contributed by atoms with Crippen LogP contribution in [0.3, 0.4) is 0 Å². The molecule has 9 N–H and O–H groups in total. The highest BCUT2D eigenvalue weighted by molar-refractivity contribution is 5.88. The lowest BCUT2D eigenvalue weighted by Crippen LogP contribution is -2.03. The van der Waals surface area contributed by atoms with E-state index in [0.29, 0.717) is 0 Å². The predicted molar refractivity (Wildman–Crippen MR) is 38.1 cm³/mol.